The first kappa shape index (κ1) is 17.7. The summed E-state index contributed by atoms with van der Waals surface area (Å²) < 4.78 is 1.97. The van der Waals surface area contributed by atoms with Crippen molar-refractivity contribution in [2.24, 2.45) is 0 Å². The van der Waals surface area contributed by atoms with Crippen molar-refractivity contribution >= 4 is 73.7 Å². The standard InChI is InChI=1S/C9H8I3NO2.Na/c1-13(2)9(15)6-4(10)3-5(11)8(14)7(6)12;/h3,14H,1-2H3;/q;+1/p-1. The Kier molecular flexibility index (Phi) is 8.08. The molecule has 3 nitrogen and oxygen atoms in total. The number of carbonyl (C=O) groups is 1. The average molecular weight is 565 g/mol. The van der Waals surface area contributed by atoms with E-state index in [0.29, 0.717) is 12.7 Å². The Hall–Kier alpha value is 1.68. The van der Waals surface area contributed by atoms with Crippen LogP contribution in [0.15, 0.2) is 6.07 Å². The fourth-order valence-corrected chi connectivity index (χ4v) is 4.82. The smallest absolute Gasteiger partial charge is 0.871 e. The molecule has 0 aliphatic rings. The number of benzene rings is 1. The van der Waals surface area contributed by atoms with Gasteiger partial charge in [0.1, 0.15) is 0 Å². The first-order valence-electron chi connectivity index (χ1n) is 3.92. The molecule has 0 bridgehead atoms. The van der Waals surface area contributed by atoms with Crippen LogP contribution in [0, 0.1) is 10.7 Å². The molecule has 0 radical (unpaired) electrons. The summed E-state index contributed by atoms with van der Waals surface area (Å²) in [6.45, 7) is 0. The van der Waals surface area contributed by atoms with Gasteiger partial charge < -0.3 is 10.0 Å². The van der Waals surface area contributed by atoms with Crippen LogP contribution in [-0.4, -0.2) is 24.9 Å². The van der Waals surface area contributed by atoms with Gasteiger partial charge in [0.2, 0.25) is 0 Å². The molecule has 0 atom stereocenters. The van der Waals surface area contributed by atoms with Gasteiger partial charge in [0.05, 0.1) is 5.56 Å². The molecule has 7 heteroatoms. The minimum atomic E-state index is -0.127. The van der Waals surface area contributed by atoms with E-state index >= 15 is 0 Å². The van der Waals surface area contributed by atoms with E-state index in [1.54, 1.807) is 20.2 Å². The van der Waals surface area contributed by atoms with Crippen molar-refractivity contribution in [2.75, 3.05) is 14.1 Å². The molecular formula is C9H7I3NNaO2. The normalized spacial score (nSPS) is 9.56. The second-order valence-corrected chi connectivity index (χ2v) is 6.46. The molecule has 1 amide bonds. The Bertz CT molecular complexity index is 424. The first-order valence-corrected chi connectivity index (χ1v) is 7.16. The van der Waals surface area contributed by atoms with Crippen LogP contribution in [0.2, 0.25) is 0 Å². The zero-order valence-corrected chi connectivity index (χ0v) is 17.4. The predicted octanol–water partition coefficient (Wildman–Crippen LogP) is -0.720. The molecule has 0 aromatic heterocycles. The van der Waals surface area contributed by atoms with Crippen molar-refractivity contribution in [3.63, 3.8) is 0 Å². The van der Waals surface area contributed by atoms with Crippen molar-refractivity contribution in [2.45, 2.75) is 0 Å². The number of hydrogen-bond donors (Lipinski definition) is 0. The Labute approximate surface area is 157 Å². The molecule has 1 rings (SSSR count). The molecule has 0 spiro atoms. The molecule has 0 aliphatic carbocycles. The fraction of sp³-hybridized carbons (Fsp3) is 0.222. The summed E-state index contributed by atoms with van der Waals surface area (Å²) >= 11 is 6.00. The van der Waals surface area contributed by atoms with E-state index < -0.39 is 0 Å². The zero-order chi connectivity index (χ0) is 11.7. The van der Waals surface area contributed by atoms with Gasteiger partial charge in [-0.05, 0) is 73.8 Å². The molecule has 16 heavy (non-hydrogen) atoms. The number of halogens is 3. The molecule has 0 saturated carbocycles. The fourth-order valence-electron chi connectivity index (χ4n) is 0.992. The van der Waals surface area contributed by atoms with Crippen molar-refractivity contribution < 1.29 is 39.5 Å². The largest absolute Gasteiger partial charge is 1.00 e. The second-order valence-electron chi connectivity index (χ2n) is 3.06. The van der Waals surface area contributed by atoms with E-state index in [0.717, 1.165) is 3.57 Å². The quantitative estimate of drug-likeness (QED) is 0.334. The molecule has 0 saturated heterocycles. The van der Waals surface area contributed by atoms with Crippen LogP contribution in [-0.2, 0) is 0 Å². The summed E-state index contributed by atoms with van der Waals surface area (Å²) in [7, 11) is 3.36. The molecule has 0 aliphatic heterocycles. The van der Waals surface area contributed by atoms with Gasteiger partial charge in [-0.1, -0.05) is 5.75 Å². The molecule has 1 aromatic rings. The molecule has 0 fully saturated rings. The van der Waals surface area contributed by atoms with Gasteiger partial charge in [0, 0.05) is 24.8 Å². The minimum absolute atomic E-state index is 0. The Balaban J connectivity index is 0.00000225. The maximum absolute atomic E-state index is 11.8. The second kappa shape index (κ2) is 7.31. The number of nitrogens with zero attached hydrogens (tertiary/aromatic N) is 1. The van der Waals surface area contributed by atoms with Crippen LogP contribution in [0.1, 0.15) is 10.4 Å². The molecule has 0 unspecified atom stereocenters. The monoisotopic (exact) mass is 565 g/mol. The van der Waals surface area contributed by atoms with Crippen LogP contribution in [0.4, 0.5) is 0 Å². The summed E-state index contributed by atoms with van der Waals surface area (Å²) in [5.74, 6) is -0.195. The Morgan fingerprint density at radius 3 is 2.19 bits per heavy atom. The Morgan fingerprint density at radius 2 is 1.75 bits per heavy atom. The van der Waals surface area contributed by atoms with Crippen molar-refractivity contribution in [3.8, 4) is 5.75 Å². The Morgan fingerprint density at radius 1 is 1.25 bits per heavy atom. The van der Waals surface area contributed by atoms with Gasteiger partial charge in [-0.3, -0.25) is 4.79 Å². The third-order valence-electron chi connectivity index (χ3n) is 1.75. The van der Waals surface area contributed by atoms with Crippen molar-refractivity contribution in [1.82, 2.24) is 4.90 Å². The zero-order valence-electron chi connectivity index (χ0n) is 8.97. The van der Waals surface area contributed by atoms with E-state index in [-0.39, 0.29) is 41.2 Å². The van der Waals surface area contributed by atoms with Gasteiger partial charge in [0.15, 0.2) is 0 Å². The molecule has 0 N–H and O–H groups in total. The van der Waals surface area contributed by atoms with E-state index in [4.69, 9.17) is 0 Å². The van der Waals surface area contributed by atoms with Crippen LogP contribution < -0.4 is 34.7 Å². The topological polar surface area (TPSA) is 43.4 Å². The summed E-state index contributed by atoms with van der Waals surface area (Å²) in [6.07, 6.45) is 0. The van der Waals surface area contributed by atoms with Gasteiger partial charge in [-0.2, -0.15) is 0 Å². The first-order chi connectivity index (χ1) is 6.86. The molecule has 0 heterocycles. The van der Waals surface area contributed by atoms with Crippen LogP contribution in [0.3, 0.4) is 0 Å². The minimum Gasteiger partial charge on any atom is -0.871 e. The third kappa shape index (κ3) is 3.84. The summed E-state index contributed by atoms with van der Waals surface area (Å²) in [5, 5.41) is 11.7. The van der Waals surface area contributed by atoms with Gasteiger partial charge in [-0.15, -0.1) is 0 Å². The SMILES string of the molecule is CN(C)C(=O)c1c(I)cc(I)c([O-])c1I.[Na+]. The van der Waals surface area contributed by atoms with E-state index in [9.17, 15) is 9.90 Å². The molecule has 82 valence electrons. The van der Waals surface area contributed by atoms with Gasteiger partial charge in [-0.25, -0.2) is 0 Å². The molecular weight excluding hydrogens is 558 g/mol. The van der Waals surface area contributed by atoms with Crippen molar-refractivity contribution in [3.05, 3.63) is 22.3 Å². The number of carbonyl (C=O) groups excluding carboxylic acids is 1. The molecule has 1 aromatic carbocycles. The van der Waals surface area contributed by atoms with Crippen LogP contribution in [0.5, 0.6) is 5.75 Å². The van der Waals surface area contributed by atoms with E-state index in [2.05, 4.69) is 22.6 Å². The summed E-state index contributed by atoms with van der Waals surface area (Å²) in [4.78, 5) is 13.3. The van der Waals surface area contributed by atoms with Crippen LogP contribution in [0.25, 0.3) is 0 Å². The maximum Gasteiger partial charge on any atom is 1.00 e. The van der Waals surface area contributed by atoms with Crippen molar-refractivity contribution in [1.29, 1.82) is 0 Å². The maximum atomic E-state index is 11.8. The third-order valence-corrected chi connectivity index (χ3v) is 4.43. The summed E-state index contributed by atoms with van der Waals surface area (Å²) in [6, 6.07) is 1.74. The number of amides is 1. The number of hydrogen-bond acceptors (Lipinski definition) is 2. The van der Waals surface area contributed by atoms with E-state index in [1.165, 1.54) is 4.90 Å². The van der Waals surface area contributed by atoms with Crippen LogP contribution >= 0.6 is 67.8 Å². The van der Waals surface area contributed by atoms with Gasteiger partial charge >= 0.3 is 29.6 Å². The average Bonchev–Trinajstić information content (AvgIpc) is 2.14. The summed E-state index contributed by atoms with van der Waals surface area (Å²) in [5.41, 5.74) is 0.506. The van der Waals surface area contributed by atoms with E-state index in [1.807, 2.05) is 45.2 Å². The van der Waals surface area contributed by atoms with Gasteiger partial charge in [0.25, 0.3) is 5.91 Å². The predicted molar refractivity (Wildman–Crippen MR) is 82.1 cm³/mol. The number of rotatable bonds is 1.